The summed E-state index contributed by atoms with van der Waals surface area (Å²) >= 11 is 0. The first-order valence-corrected chi connectivity index (χ1v) is 9.64. The van der Waals surface area contributed by atoms with E-state index < -0.39 is 68.2 Å². The molecule has 33 heavy (non-hydrogen) atoms. The molecule has 0 saturated carbocycles. The number of rotatable bonds is 14. The van der Waals surface area contributed by atoms with Crippen LogP contribution in [0.4, 0.5) is 35.1 Å². The Morgan fingerprint density at radius 1 is 0.788 bits per heavy atom. The molecule has 0 rings (SSSR count). The lowest BCUT2D eigenvalue weighted by Crippen LogP contribution is -2.42. The van der Waals surface area contributed by atoms with Gasteiger partial charge in [-0.2, -0.15) is 26.3 Å². The second kappa shape index (κ2) is 14.0. The van der Waals surface area contributed by atoms with Gasteiger partial charge in [0.2, 0.25) is 12.2 Å². The van der Waals surface area contributed by atoms with Crippen LogP contribution in [0.1, 0.15) is 39.0 Å². The Balaban J connectivity index is 5.04. The minimum absolute atomic E-state index is 0.00668. The van der Waals surface area contributed by atoms with Crippen LogP contribution in [0.25, 0.3) is 0 Å². The number of carbonyl (C=O) groups excluding carboxylic acids is 3. The van der Waals surface area contributed by atoms with Crippen LogP contribution in [0.5, 0.6) is 0 Å². The Morgan fingerprint density at radius 3 is 1.58 bits per heavy atom. The molecule has 0 heterocycles. The van der Waals surface area contributed by atoms with Crippen molar-refractivity contribution < 1.29 is 63.7 Å². The molecule has 0 bridgehead atoms. The van der Waals surface area contributed by atoms with Crippen molar-refractivity contribution in [3.05, 3.63) is 12.2 Å². The van der Waals surface area contributed by atoms with Crippen molar-refractivity contribution in [2.45, 2.75) is 63.6 Å². The summed E-state index contributed by atoms with van der Waals surface area (Å²) in [6.45, 7) is 0.436. The van der Waals surface area contributed by atoms with Gasteiger partial charge in [0, 0.05) is 5.57 Å². The number of esters is 3. The van der Waals surface area contributed by atoms with Crippen LogP contribution >= 0.6 is 0 Å². The highest BCUT2D eigenvalue weighted by molar-refractivity contribution is 5.95. The summed E-state index contributed by atoms with van der Waals surface area (Å²) in [4.78, 5) is 35.2. The van der Waals surface area contributed by atoms with E-state index in [-0.39, 0.29) is 25.0 Å². The minimum Gasteiger partial charge on any atom is -0.462 e. The number of hydrogen-bond acceptors (Lipinski definition) is 6. The van der Waals surface area contributed by atoms with Crippen LogP contribution < -0.4 is 0 Å². The average Bonchev–Trinajstić information content (AvgIpc) is 2.69. The normalized spacial score (nSPS) is 14.7. The summed E-state index contributed by atoms with van der Waals surface area (Å²) in [5, 5.41) is 0. The molecule has 0 fully saturated rings. The molecule has 0 radical (unpaired) electrons. The molecular formula is C19H24F8O6. The number of ether oxygens (including phenoxy) is 3. The molecule has 0 aromatic rings. The molecule has 0 amide bonds. The van der Waals surface area contributed by atoms with Crippen LogP contribution in [0.3, 0.4) is 0 Å². The van der Waals surface area contributed by atoms with Crippen molar-refractivity contribution in [3.63, 3.8) is 0 Å². The molecule has 0 aliphatic carbocycles. The molecule has 14 heteroatoms. The Bertz CT molecular complexity index is 626. The zero-order valence-electron chi connectivity index (χ0n) is 17.6. The molecule has 0 aromatic carbocycles. The van der Waals surface area contributed by atoms with Gasteiger partial charge in [0.05, 0.1) is 6.61 Å². The van der Waals surface area contributed by atoms with Gasteiger partial charge in [-0.1, -0.05) is 25.8 Å². The third-order valence-electron chi connectivity index (χ3n) is 4.07. The highest BCUT2D eigenvalue weighted by Crippen LogP contribution is 2.28. The molecule has 192 valence electrons. The Hall–Kier alpha value is -2.41. The smallest absolute Gasteiger partial charge is 0.428 e. The van der Waals surface area contributed by atoms with Crippen molar-refractivity contribution in [1.29, 1.82) is 0 Å². The zero-order valence-corrected chi connectivity index (χ0v) is 17.6. The summed E-state index contributed by atoms with van der Waals surface area (Å²) in [6, 6.07) is 0. The number of unbranched alkanes of at least 4 members (excludes halogenated alkanes) is 3. The fourth-order valence-corrected chi connectivity index (χ4v) is 2.24. The molecule has 6 nitrogen and oxygen atoms in total. The third kappa shape index (κ3) is 11.9. The summed E-state index contributed by atoms with van der Waals surface area (Å²) in [5.41, 5.74) is 0.172. The number of alkyl halides is 8. The van der Waals surface area contributed by atoms with Crippen LogP contribution in [0.2, 0.25) is 0 Å². The highest BCUT2D eigenvalue weighted by atomic mass is 19.4. The van der Waals surface area contributed by atoms with Gasteiger partial charge in [0.1, 0.15) is 13.3 Å². The molecule has 0 aliphatic heterocycles. The van der Waals surface area contributed by atoms with Gasteiger partial charge >= 0.3 is 30.3 Å². The lowest BCUT2D eigenvalue weighted by atomic mass is 10.0. The monoisotopic (exact) mass is 500 g/mol. The van der Waals surface area contributed by atoms with Crippen molar-refractivity contribution in [1.82, 2.24) is 0 Å². The zero-order chi connectivity index (χ0) is 25.8. The first-order valence-electron chi connectivity index (χ1n) is 9.64. The molecule has 0 N–H and O–H groups in total. The van der Waals surface area contributed by atoms with Gasteiger partial charge < -0.3 is 14.2 Å². The van der Waals surface area contributed by atoms with Crippen molar-refractivity contribution >= 4 is 17.9 Å². The van der Waals surface area contributed by atoms with E-state index in [1.54, 1.807) is 0 Å². The fraction of sp³-hybridized carbons (Fsp3) is 0.737. The standard InChI is InChI=1S/C19H24F8O6/c1-11(2)15(28)31-8-6-4-3-5-7-12(16(29)32-13(9-20)18(22,23)24)17(30)33-14(10-21)19(25,26)27/h12-14H,1,3-10H2,2H3. The third-order valence-corrected chi connectivity index (χ3v) is 4.07. The summed E-state index contributed by atoms with van der Waals surface area (Å²) in [5.74, 6) is -6.79. The Labute approximate surface area is 184 Å². The second-order valence-corrected chi connectivity index (χ2v) is 6.91. The van der Waals surface area contributed by atoms with Gasteiger partial charge in [0.15, 0.2) is 5.92 Å². The van der Waals surface area contributed by atoms with Gasteiger partial charge in [-0.3, -0.25) is 9.59 Å². The number of halogens is 8. The molecule has 0 aliphatic rings. The van der Waals surface area contributed by atoms with E-state index in [4.69, 9.17) is 4.74 Å². The molecule has 0 spiro atoms. The van der Waals surface area contributed by atoms with E-state index in [0.29, 0.717) is 12.8 Å². The first kappa shape index (κ1) is 30.6. The van der Waals surface area contributed by atoms with E-state index in [1.165, 1.54) is 6.92 Å². The molecule has 0 aromatic heterocycles. The molecule has 2 unspecified atom stereocenters. The number of carbonyl (C=O) groups is 3. The van der Waals surface area contributed by atoms with Crippen LogP contribution in [-0.4, -0.2) is 62.4 Å². The lowest BCUT2D eigenvalue weighted by molar-refractivity contribution is -0.234. The van der Waals surface area contributed by atoms with Crippen molar-refractivity contribution in [2.75, 3.05) is 20.0 Å². The van der Waals surface area contributed by atoms with Crippen molar-refractivity contribution in [2.24, 2.45) is 5.92 Å². The SMILES string of the molecule is C=C(C)C(=O)OCCCCCCC(C(=O)OC(CF)C(F)(F)F)C(=O)OC(CF)C(F)(F)F. The topological polar surface area (TPSA) is 78.9 Å². The van der Waals surface area contributed by atoms with Crippen LogP contribution in [0.15, 0.2) is 12.2 Å². The minimum atomic E-state index is -5.33. The van der Waals surface area contributed by atoms with E-state index in [2.05, 4.69) is 16.1 Å². The van der Waals surface area contributed by atoms with Gasteiger partial charge in [-0.15, -0.1) is 0 Å². The van der Waals surface area contributed by atoms with E-state index in [0.717, 1.165) is 0 Å². The molecule has 2 atom stereocenters. The van der Waals surface area contributed by atoms with Gasteiger partial charge in [-0.25, -0.2) is 13.6 Å². The van der Waals surface area contributed by atoms with E-state index >= 15 is 0 Å². The molecule has 0 saturated heterocycles. The predicted molar refractivity (Wildman–Crippen MR) is 96.2 cm³/mol. The maximum Gasteiger partial charge on any atom is 0.428 e. The maximum atomic E-state index is 12.6. The maximum absolute atomic E-state index is 12.6. The Morgan fingerprint density at radius 2 is 1.21 bits per heavy atom. The largest absolute Gasteiger partial charge is 0.462 e. The second-order valence-electron chi connectivity index (χ2n) is 6.91. The molecular weight excluding hydrogens is 476 g/mol. The van der Waals surface area contributed by atoms with E-state index in [1.807, 2.05) is 0 Å². The van der Waals surface area contributed by atoms with Crippen LogP contribution in [0, 0.1) is 5.92 Å². The van der Waals surface area contributed by atoms with Gasteiger partial charge in [0.25, 0.3) is 0 Å². The van der Waals surface area contributed by atoms with Gasteiger partial charge in [-0.05, 0) is 19.8 Å². The first-order chi connectivity index (χ1) is 15.1. The summed E-state index contributed by atoms with van der Waals surface area (Å²) < 4.78 is 114. The van der Waals surface area contributed by atoms with Crippen LogP contribution in [-0.2, 0) is 28.6 Å². The fourth-order valence-electron chi connectivity index (χ4n) is 2.24. The summed E-state index contributed by atoms with van der Waals surface area (Å²) in [6.07, 6.45) is -16.9. The average molecular weight is 500 g/mol. The number of hydrogen-bond donors (Lipinski definition) is 0. The highest BCUT2D eigenvalue weighted by Gasteiger charge is 2.47. The van der Waals surface area contributed by atoms with Crippen molar-refractivity contribution in [3.8, 4) is 0 Å². The quantitative estimate of drug-likeness (QED) is 0.0869. The lowest BCUT2D eigenvalue weighted by Gasteiger charge is -2.23. The predicted octanol–water partition coefficient (Wildman–Crippen LogP) is 4.56. The van der Waals surface area contributed by atoms with E-state index in [9.17, 15) is 49.5 Å². The Kier molecular flexibility index (Phi) is 13.0. The summed E-state index contributed by atoms with van der Waals surface area (Å²) in [7, 11) is 0.